The Morgan fingerprint density at radius 1 is 0.926 bits per heavy atom. The third-order valence-electron chi connectivity index (χ3n) is 3.82. The molecule has 140 valence electrons. The van der Waals surface area contributed by atoms with Crippen LogP contribution in [0.1, 0.15) is 5.56 Å². The summed E-state index contributed by atoms with van der Waals surface area (Å²) in [7, 11) is -2.33. The van der Waals surface area contributed by atoms with Crippen LogP contribution in [0.15, 0.2) is 77.7 Å². The van der Waals surface area contributed by atoms with E-state index in [2.05, 4.69) is 4.72 Å². The fraction of sp³-hybridized carbons (Fsp3) is 0.100. The first-order valence-corrected chi connectivity index (χ1v) is 9.98. The van der Waals surface area contributed by atoms with Gasteiger partial charge in [0.1, 0.15) is 23.0 Å². The molecule has 0 atom stereocenters. The summed E-state index contributed by atoms with van der Waals surface area (Å²) in [4.78, 5) is 0.0755. The lowest BCUT2D eigenvalue weighted by Crippen LogP contribution is -2.14. The molecule has 0 bridgehead atoms. The van der Waals surface area contributed by atoms with E-state index >= 15 is 0 Å². The molecule has 0 aliphatic heterocycles. The predicted molar refractivity (Wildman–Crippen MR) is 106 cm³/mol. The molecule has 3 rings (SSSR count). The molecule has 0 aliphatic rings. The van der Waals surface area contributed by atoms with Crippen LogP contribution in [-0.4, -0.2) is 15.5 Å². The van der Waals surface area contributed by atoms with Crippen molar-refractivity contribution in [3.05, 3.63) is 83.4 Å². The molecule has 0 aromatic heterocycles. The Balaban J connectivity index is 1.69. The van der Waals surface area contributed by atoms with Crippen molar-refractivity contribution in [1.82, 2.24) is 0 Å². The Morgan fingerprint density at radius 3 is 2.30 bits per heavy atom. The van der Waals surface area contributed by atoms with Crippen molar-refractivity contribution in [2.75, 3.05) is 11.8 Å². The molecule has 5 nitrogen and oxygen atoms in total. The van der Waals surface area contributed by atoms with E-state index in [1.165, 1.54) is 13.2 Å². The van der Waals surface area contributed by atoms with Gasteiger partial charge >= 0.3 is 0 Å². The van der Waals surface area contributed by atoms with Gasteiger partial charge in [-0.25, -0.2) is 8.42 Å². The van der Waals surface area contributed by atoms with Gasteiger partial charge in [0, 0.05) is 16.3 Å². The third kappa shape index (κ3) is 4.72. The van der Waals surface area contributed by atoms with E-state index in [1.807, 2.05) is 18.2 Å². The summed E-state index contributed by atoms with van der Waals surface area (Å²) in [6.45, 7) is 0.325. The number of para-hydroxylation sites is 1. The van der Waals surface area contributed by atoms with Crippen molar-refractivity contribution in [3.8, 4) is 11.5 Å². The van der Waals surface area contributed by atoms with Crippen LogP contribution in [0.5, 0.6) is 11.5 Å². The van der Waals surface area contributed by atoms with Crippen LogP contribution in [0.4, 0.5) is 5.69 Å². The molecule has 3 aromatic rings. The van der Waals surface area contributed by atoms with Gasteiger partial charge in [-0.15, -0.1) is 0 Å². The lowest BCUT2D eigenvalue weighted by molar-refractivity contribution is 0.306. The van der Waals surface area contributed by atoms with Crippen LogP contribution in [0, 0.1) is 0 Å². The summed E-state index contributed by atoms with van der Waals surface area (Å²) in [5.74, 6) is 0.889. The quantitative estimate of drug-likeness (QED) is 0.619. The number of methoxy groups -OCH3 is 1. The Labute approximate surface area is 163 Å². The fourth-order valence-electron chi connectivity index (χ4n) is 2.45. The molecule has 0 fully saturated rings. The zero-order chi connectivity index (χ0) is 19.3. The number of anilines is 1. The van der Waals surface area contributed by atoms with Crippen LogP contribution in [-0.2, 0) is 16.6 Å². The minimum absolute atomic E-state index is 0.0755. The molecule has 0 spiro atoms. The summed E-state index contributed by atoms with van der Waals surface area (Å²) < 4.78 is 38.5. The summed E-state index contributed by atoms with van der Waals surface area (Å²) in [5.41, 5.74) is 1.30. The van der Waals surface area contributed by atoms with Gasteiger partial charge in [0.25, 0.3) is 10.0 Å². The summed E-state index contributed by atoms with van der Waals surface area (Å²) in [6.07, 6.45) is 0. The average Bonchev–Trinajstić information content (AvgIpc) is 2.68. The first kappa shape index (κ1) is 19.1. The van der Waals surface area contributed by atoms with Gasteiger partial charge in [-0.05, 0) is 42.5 Å². The zero-order valence-electron chi connectivity index (χ0n) is 14.6. The van der Waals surface area contributed by atoms with Gasteiger partial charge in [-0.3, -0.25) is 4.72 Å². The lowest BCUT2D eigenvalue weighted by atomic mass is 10.2. The topological polar surface area (TPSA) is 64.6 Å². The normalized spacial score (nSPS) is 11.0. The van der Waals surface area contributed by atoms with E-state index in [-0.39, 0.29) is 10.6 Å². The summed E-state index contributed by atoms with van der Waals surface area (Å²) in [6, 6.07) is 20.5. The standard InChI is InChI=1S/C20H18ClNO4S/c1-25-19-8-4-5-9-20(19)27(23,24)22-16-10-12-17(13-11-16)26-14-15-6-2-3-7-18(15)21/h2-13,22H,14H2,1H3. The number of rotatable bonds is 7. The molecule has 27 heavy (non-hydrogen) atoms. The molecule has 0 saturated heterocycles. The highest BCUT2D eigenvalue weighted by atomic mass is 35.5. The molecule has 3 aromatic carbocycles. The van der Waals surface area contributed by atoms with Crippen LogP contribution >= 0.6 is 11.6 Å². The average molecular weight is 404 g/mol. The van der Waals surface area contributed by atoms with E-state index in [4.69, 9.17) is 21.1 Å². The van der Waals surface area contributed by atoms with Gasteiger partial charge in [0.05, 0.1) is 7.11 Å². The molecule has 0 radical (unpaired) electrons. The van der Waals surface area contributed by atoms with Gasteiger partial charge in [0.2, 0.25) is 0 Å². The summed E-state index contributed by atoms with van der Waals surface area (Å²) in [5, 5.41) is 0.638. The van der Waals surface area contributed by atoms with Crippen molar-refractivity contribution in [3.63, 3.8) is 0 Å². The molecule has 0 amide bonds. The van der Waals surface area contributed by atoms with E-state index in [1.54, 1.807) is 48.5 Å². The number of hydrogen-bond acceptors (Lipinski definition) is 4. The Bertz CT molecular complexity index is 1020. The number of hydrogen-bond donors (Lipinski definition) is 1. The van der Waals surface area contributed by atoms with Crippen LogP contribution in [0.25, 0.3) is 0 Å². The highest BCUT2D eigenvalue weighted by Gasteiger charge is 2.19. The van der Waals surface area contributed by atoms with Gasteiger partial charge in [-0.2, -0.15) is 0 Å². The second kappa shape index (κ2) is 8.33. The maximum absolute atomic E-state index is 12.6. The predicted octanol–water partition coefficient (Wildman–Crippen LogP) is 4.73. The van der Waals surface area contributed by atoms with Crippen LogP contribution in [0.2, 0.25) is 5.02 Å². The number of halogens is 1. The molecule has 1 N–H and O–H groups in total. The van der Waals surface area contributed by atoms with E-state index < -0.39 is 10.0 Å². The first-order chi connectivity index (χ1) is 13.0. The number of ether oxygens (including phenoxy) is 2. The molecular weight excluding hydrogens is 386 g/mol. The molecule has 0 aliphatic carbocycles. The maximum atomic E-state index is 12.6. The minimum atomic E-state index is -3.76. The van der Waals surface area contributed by atoms with E-state index in [0.717, 1.165) is 5.56 Å². The van der Waals surface area contributed by atoms with Gasteiger partial charge in [-0.1, -0.05) is 41.9 Å². The van der Waals surface area contributed by atoms with E-state index in [0.29, 0.717) is 23.1 Å². The van der Waals surface area contributed by atoms with Crippen LogP contribution in [0.3, 0.4) is 0 Å². The largest absolute Gasteiger partial charge is 0.495 e. The number of sulfonamides is 1. The second-order valence-electron chi connectivity index (χ2n) is 5.66. The molecule has 7 heteroatoms. The monoisotopic (exact) mass is 403 g/mol. The number of nitrogens with one attached hydrogen (secondary N) is 1. The molecular formula is C20H18ClNO4S. The minimum Gasteiger partial charge on any atom is -0.495 e. The van der Waals surface area contributed by atoms with Gasteiger partial charge < -0.3 is 9.47 Å². The number of benzene rings is 3. The third-order valence-corrected chi connectivity index (χ3v) is 5.61. The Kier molecular flexibility index (Phi) is 5.88. The summed E-state index contributed by atoms with van der Waals surface area (Å²) >= 11 is 6.10. The second-order valence-corrected chi connectivity index (χ2v) is 7.72. The highest BCUT2D eigenvalue weighted by Crippen LogP contribution is 2.26. The van der Waals surface area contributed by atoms with Crippen molar-refractivity contribution in [2.24, 2.45) is 0 Å². The SMILES string of the molecule is COc1ccccc1S(=O)(=O)Nc1ccc(OCc2ccccc2Cl)cc1. The van der Waals surface area contributed by atoms with Crippen molar-refractivity contribution in [1.29, 1.82) is 0 Å². The molecule has 0 heterocycles. The van der Waals surface area contributed by atoms with Gasteiger partial charge in [0.15, 0.2) is 0 Å². The van der Waals surface area contributed by atoms with Crippen molar-refractivity contribution in [2.45, 2.75) is 11.5 Å². The highest BCUT2D eigenvalue weighted by molar-refractivity contribution is 7.92. The van der Waals surface area contributed by atoms with Crippen molar-refractivity contribution < 1.29 is 17.9 Å². The van der Waals surface area contributed by atoms with Crippen LogP contribution < -0.4 is 14.2 Å². The maximum Gasteiger partial charge on any atom is 0.265 e. The molecule has 0 saturated carbocycles. The fourth-order valence-corrected chi connectivity index (χ4v) is 3.87. The van der Waals surface area contributed by atoms with E-state index in [9.17, 15) is 8.42 Å². The first-order valence-electron chi connectivity index (χ1n) is 8.12. The van der Waals surface area contributed by atoms with Crippen molar-refractivity contribution >= 4 is 27.3 Å². The Morgan fingerprint density at radius 2 is 1.59 bits per heavy atom. The smallest absolute Gasteiger partial charge is 0.265 e. The zero-order valence-corrected chi connectivity index (χ0v) is 16.1. The lowest BCUT2D eigenvalue weighted by Gasteiger charge is -2.12. The molecule has 0 unspecified atom stereocenters. The Hall–Kier alpha value is -2.70.